The van der Waals surface area contributed by atoms with Gasteiger partial charge in [0, 0.05) is 11.1 Å². The molecule has 2 aliphatic carbocycles. The van der Waals surface area contributed by atoms with Gasteiger partial charge in [-0.3, -0.25) is 0 Å². The fourth-order valence-corrected chi connectivity index (χ4v) is 6.27. The summed E-state index contributed by atoms with van der Waals surface area (Å²) < 4.78 is 0. The van der Waals surface area contributed by atoms with E-state index >= 15 is 0 Å². The van der Waals surface area contributed by atoms with Crippen LogP contribution in [0.25, 0.3) is 55.2 Å². The van der Waals surface area contributed by atoms with Gasteiger partial charge in [0.15, 0.2) is 0 Å². The van der Waals surface area contributed by atoms with Gasteiger partial charge in [0.1, 0.15) is 0 Å². The Kier molecular flexibility index (Phi) is 4.46. The molecule has 0 N–H and O–H groups in total. The zero-order chi connectivity index (χ0) is 24.6. The van der Waals surface area contributed by atoms with Crippen molar-refractivity contribution < 1.29 is 0 Å². The summed E-state index contributed by atoms with van der Waals surface area (Å²) in [6.07, 6.45) is 6.71. The van der Waals surface area contributed by atoms with E-state index in [-0.39, 0.29) is 0 Å². The van der Waals surface area contributed by atoms with E-state index < -0.39 is 0 Å². The second-order valence-corrected chi connectivity index (χ2v) is 10.4. The maximum atomic E-state index is 3.48. The molecule has 170 valence electrons. The molecule has 0 heterocycles. The van der Waals surface area contributed by atoms with Crippen LogP contribution >= 0.6 is 0 Å². The molecule has 7 rings (SSSR count). The molecule has 5 aromatic rings. The number of benzene rings is 5. The Hall–Kier alpha value is -4.26. The maximum Gasteiger partial charge on any atom is 0.0403 e. The lowest BCUT2D eigenvalue weighted by Crippen LogP contribution is -1.94. The quantitative estimate of drug-likeness (QED) is 0.160. The van der Waals surface area contributed by atoms with Crippen molar-refractivity contribution in [1.29, 1.82) is 0 Å². The van der Waals surface area contributed by atoms with Gasteiger partial charge in [-0.15, -0.1) is 11.8 Å². The Morgan fingerprint density at radius 1 is 0.500 bits per heavy atom. The summed E-state index contributed by atoms with van der Waals surface area (Å²) >= 11 is 0. The fourth-order valence-electron chi connectivity index (χ4n) is 6.27. The highest BCUT2D eigenvalue weighted by Gasteiger charge is 2.18. The maximum absolute atomic E-state index is 3.48. The minimum absolute atomic E-state index is 1.01. The number of allylic oxidation sites excluding steroid dienone is 2. The molecule has 2 aliphatic rings. The van der Waals surface area contributed by atoms with Gasteiger partial charge in [-0.25, -0.2) is 0 Å². The lowest BCUT2D eigenvalue weighted by molar-refractivity contribution is 1.20. The van der Waals surface area contributed by atoms with Crippen molar-refractivity contribution >= 4 is 55.2 Å². The third-order valence-corrected chi connectivity index (χ3v) is 7.79. The zero-order valence-corrected chi connectivity index (χ0v) is 21.2. The van der Waals surface area contributed by atoms with Crippen molar-refractivity contribution in [3.63, 3.8) is 0 Å². The van der Waals surface area contributed by atoms with Crippen LogP contribution in [-0.4, -0.2) is 0 Å². The van der Waals surface area contributed by atoms with Crippen LogP contribution in [0.5, 0.6) is 0 Å². The van der Waals surface area contributed by atoms with Crippen LogP contribution in [0.1, 0.15) is 61.1 Å². The molecule has 0 radical (unpaired) electrons. The Balaban J connectivity index is 1.62. The minimum Gasteiger partial charge on any atom is -0.101 e. The fraction of sp³-hybridized carbons (Fsp3) is 0.167. The highest BCUT2D eigenvalue weighted by Crippen LogP contribution is 2.40. The van der Waals surface area contributed by atoms with Crippen molar-refractivity contribution in [2.24, 2.45) is 0 Å². The van der Waals surface area contributed by atoms with E-state index in [1.807, 2.05) is 13.8 Å². The number of rotatable bonds is 0. The second-order valence-electron chi connectivity index (χ2n) is 10.4. The molecule has 0 fully saturated rings. The molecular formula is C36H26. The molecule has 36 heavy (non-hydrogen) atoms. The van der Waals surface area contributed by atoms with Gasteiger partial charge in [-0.05, 0) is 148 Å². The van der Waals surface area contributed by atoms with E-state index in [4.69, 9.17) is 0 Å². The molecule has 0 amide bonds. The summed E-state index contributed by atoms with van der Waals surface area (Å²) in [4.78, 5) is 0. The Bertz CT molecular complexity index is 2020. The van der Waals surface area contributed by atoms with Crippen molar-refractivity contribution in [1.82, 2.24) is 0 Å². The third kappa shape index (κ3) is 3.05. The smallest absolute Gasteiger partial charge is 0.0403 e. The lowest BCUT2D eigenvalue weighted by Gasteiger charge is -2.15. The molecule has 0 atom stereocenters. The number of hydrogen-bond acceptors (Lipinski definition) is 0. The Labute approximate surface area is 212 Å². The summed E-state index contributed by atoms with van der Waals surface area (Å²) in [5, 5.41) is 9.92. The highest BCUT2D eigenvalue weighted by molar-refractivity contribution is 6.15. The van der Waals surface area contributed by atoms with Gasteiger partial charge < -0.3 is 0 Å². The second kappa shape index (κ2) is 7.62. The largest absolute Gasteiger partial charge is 0.101 e. The van der Waals surface area contributed by atoms with E-state index in [1.54, 1.807) is 0 Å². The summed E-state index contributed by atoms with van der Waals surface area (Å²) in [5.74, 6) is 13.4. The van der Waals surface area contributed by atoms with Crippen LogP contribution in [0, 0.1) is 23.7 Å². The first-order valence-electron chi connectivity index (χ1n) is 12.7. The molecule has 0 saturated heterocycles. The SMILES string of the molecule is CC#Cc1c2cc3c(cc2c(C#CC)c2cc4cc5cc6c(cc5cc4cc12)CC(C)=C6)CC(C)=C3. The molecule has 0 aliphatic heterocycles. The summed E-state index contributed by atoms with van der Waals surface area (Å²) in [7, 11) is 0. The zero-order valence-electron chi connectivity index (χ0n) is 21.2. The van der Waals surface area contributed by atoms with Gasteiger partial charge in [0.25, 0.3) is 0 Å². The highest BCUT2D eigenvalue weighted by atomic mass is 14.2. The van der Waals surface area contributed by atoms with Crippen LogP contribution in [0.15, 0.2) is 59.7 Å². The minimum atomic E-state index is 1.01. The first-order chi connectivity index (χ1) is 17.5. The molecule has 0 unspecified atom stereocenters. The van der Waals surface area contributed by atoms with Crippen LogP contribution in [0.3, 0.4) is 0 Å². The first-order valence-corrected chi connectivity index (χ1v) is 12.7. The van der Waals surface area contributed by atoms with Gasteiger partial charge >= 0.3 is 0 Å². The van der Waals surface area contributed by atoms with Crippen LogP contribution in [0.4, 0.5) is 0 Å². The van der Waals surface area contributed by atoms with E-state index in [0.29, 0.717) is 0 Å². The molecule has 0 bridgehead atoms. The van der Waals surface area contributed by atoms with E-state index in [1.165, 1.54) is 76.5 Å². The van der Waals surface area contributed by atoms with E-state index in [9.17, 15) is 0 Å². The topological polar surface area (TPSA) is 0 Å². The summed E-state index contributed by atoms with van der Waals surface area (Å²) in [5.41, 5.74) is 10.6. The monoisotopic (exact) mass is 458 g/mol. The van der Waals surface area contributed by atoms with Gasteiger partial charge in [-0.1, -0.05) is 41.2 Å². The predicted octanol–water partition coefficient (Wildman–Crippen LogP) is 8.96. The molecule has 0 aromatic heterocycles. The van der Waals surface area contributed by atoms with E-state index in [0.717, 1.165) is 24.0 Å². The molecule has 0 saturated carbocycles. The predicted molar refractivity (Wildman–Crippen MR) is 156 cm³/mol. The summed E-state index contributed by atoms with van der Waals surface area (Å²) in [6, 6.07) is 18.8. The molecule has 0 nitrogen and oxygen atoms in total. The van der Waals surface area contributed by atoms with Crippen molar-refractivity contribution in [2.45, 2.75) is 40.5 Å². The van der Waals surface area contributed by atoms with Crippen molar-refractivity contribution in [2.75, 3.05) is 0 Å². The summed E-state index contributed by atoms with van der Waals surface area (Å²) in [6.45, 7) is 8.30. The Morgan fingerprint density at radius 3 is 1.53 bits per heavy atom. The third-order valence-electron chi connectivity index (χ3n) is 7.79. The molecule has 5 aromatic carbocycles. The Morgan fingerprint density at radius 2 is 0.944 bits per heavy atom. The van der Waals surface area contributed by atoms with Crippen LogP contribution in [-0.2, 0) is 12.8 Å². The van der Waals surface area contributed by atoms with Gasteiger partial charge in [-0.2, -0.15) is 0 Å². The van der Waals surface area contributed by atoms with Crippen LogP contribution < -0.4 is 0 Å². The van der Waals surface area contributed by atoms with Gasteiger partial charge in [0.2, 0.25) is 0 Å². The average molecular weight is 459 g/mol. The van der Waals surface area contributed by atoms with Crippen LogP contribution in [0.2, 0.25) is 0 Å². The standard InChI is InChI=1S/C36H26/c1-5-7-31-33-17-25-11-22(4)12-26(25)18-34(33)32(8-6-2)36-20-30-16-28-14-24-10-21(3)9-23(24)13-27(28)15-29(30)19-35(31)36/h9,12-20H,10-11H2,1-4H3. The van der Waals surface area contributed by atoms with Gasteiger partial charge in [0.05, 0.1) is 0 Å². The van der Waals surface area contributed by atoms with E-state index in [2.05, 4.69) is 98.2 Å². The molecule has 0 heteroatoms. The molecule has 0 spiro atoms. The number of hydrogen-bond donors (Lipinski definition) is 0. The normalized spacial score (nSPS) is 13.8. The van der Waals surface area contributed by atoms with Crippen molar-refractivity contribution in [3.05, 3.63) is 93.1 Å². The first kappa shape index (κ1) is 21.1. The van der Waals surface area contributed by atoms with Crippen molar-refractivity contribution in [3.8, 4) is 23.7 Å². The average Bonchev–Trinajstić information content (AvgIpc) is 3.40. The lowest BCUT2D eigenvalue weighted by atomic mass is 9.87. The number of fused-ring (bicyclic) bond motifs is 6. The molecular weight excluding hydrogens is 432 g/mol.